The summed E-state index contributed by atoms with van der Waals surface area (Å²) >= 11 is 0. The Hall–Kier alpha value is -0.860. The third-order valence-corrected chi connectivity index (χ3v) is 2.85. The Kier molecular flexibility index (Phi) is 2.85. The van der Waals surface area contributed by atoms with Gasteiger partial charge in [0.15, 0.2) is 0 Å². The molecule has 1 aromatic carbocycles. The molecule has 1 aliphatic rings. The largest absolute Gasteiger partial charge is 0.372 e. The minimum absolute atomic E-state index is 0.239. The van der Waals surface area contributed by atoms with E-state index in [1.54, 1.807) is 0 Å². The first-order chi connectivity index (χ1) is 6.83. The number of aryl methyl sites for hydroxylation is 1. The molecule has 0 spiro atoms. The molecule has 0 amide bonds. The normalized spacial score (nSPS) is 20.6. The van der Waals surface area contributed by atoms with Crippen LogP contribution in [0.4, 0.5) is 0 Å². The minimum Gasteiger partial charge on any atom is -0.372 e. The zero-order valence-corrected chi connectivity index (χ0v) is 8.84. The van der Waals surface area contributed by atoms with Crippen molar-refractivity contribution in [1.82, 2.24) is 5.32 Å². The minimum atomic E-state index is 0.239. The molecule has 0 saturated heterocycles. The van der Waals surface area contributed by atoms with Gasteiger partial charge in [0.25, 0.3) is 0 Å². The standard InChI is InChI=1S/C12H17NO/c1-9-4-3-5-11-10(9)6-7-14-12(11)8-13-2/h3-5,12-13H,6-8H2,1-2H3/t12-/m0/s1. The van der Waals surface area contributed by atoms with Crippen molar-refractivity contribution >= 4 is 0 Å². The summed E-state index contributed by atoms with van der Waals surface area (Å²) in [5.41, 5.74) is 4.25. The van der Waals surface area contributed by atoms with Gasteiger partial charge in [-0.05, 0) is 37.1 Å². The van der Waals surface area contributed by atoms with Gasteiger partial charge in [-0.2, -0.15) is 0 Å². The summed E-state index contributed by atoms with van der Waals surface area (Å²) in [5, 5.41) is 3.17. The van der Waals surface area contributed by atoms with E-state index in [1.165, 1.54) is 16.7 Å². The number of rotatable bonds is 2. The van der Waals surface area contributed by atoms with Crippen LogP contribution >= 0.6 is 0 Å². The van der Waals surface area contributed by atoms with Crippen LogP contribution in [0.3, 0.4) is 0 Å². The van der Waals surface area contributed by atoms with E-state index in [0.717, 1.165) is 19.6 Å². The number of hydrogen-bond donors (Lipinski definition) is 1. The average molecular weight is 191 g/mol. The summed E-state index contributed by atoms with van der Waals surface area (Å²) < 4.78 is 5.74. The van der Waals surface area contributed by atoms with E-state index < -0.39 is 0 Å². The third-order valence-electron chi connectivity index (χ3n) is 2.85. The second kappa shape index (κ2) is 4.11. The molecule has 0 unspecified atom stereocenters. The fourth-order valence-corrected chi connectivity index (χ4v) is 2.12. The summed E-state index contributed by atoms with van der Waals surface area (Å²) in [7, 11) is 1.97. The molecule has 0 radical (unpaired) electrons. The van der Waals surface area contributed by atoms with Crippen LogP contribution in [0.2, 0.25) is 0 Å². The molecule has 1 atom stereocenters. The number of ether oxygens (including phenoxy) is 1. The van der Waals surface area contributed by atoms with E-state index in [4.69, 9.17) is 4.74 Å². The van der Waals surface area contributed by atoms with Crippen molar-refractivity contribution in [3.63, 3.8) is 0 Å². The number of likely N-dealkylation sites (N-methyl/N-ethyl adjacent to an activating group) is 1. The highest BCUT2D eigenvalue weighted by Crippen LogP contribution is 2.28. The van der Waals surface area contributed by atoms with Crippen molar-refractivity contribution in [3.05, 3.63) is 34.9 Å². The van der Waals surface area contributed by atoms with Gasteiger partial charge in [-0.15, -0.1) is 0 Å². The summed E-state index contributed by atoms with van der Waals surface area (Å²) in [4.78, 5) is 0. The molecule has 2 nitrogen and oxygen atoms in total. The average Bonchev–Trinajstić information content (AvgIpc) is 2.20. The highest BCUT2D eigenvalue weighted by Gasteiger charge is 2.20. The van der Waals surface area contributed by atoms with E-state index in [2.05, 4.69) is 30.4 Å². The molecule has 2 rings (SSSR count). The Balaban J connectivity index is 2.34. The van der Waals surface area contributed by atoms with Crippen LogP contribution in [0.5, 0.6) is 0 Å². The van der Waals surface area contributed by atoms with Gasteiger partial charge in [-0.1, -0.05) is 18.2 Å². The van der Waals surface area contributed by atoms with Crippen molar-refractivity contribution in [2.24, 2.45) is 0 Å². The van der Waals surface area contributed by atoms with E-state index in [1.807, 2.05) is 7.05 Å². The molecule has 1 N–H and O–H groups in total. The van der Waals surface area contributed by atoms with Crippen LogP contribution in [0.15, 0.2) is 18.2 Å². The summed E-state index contributed by atoms with van der Waals surface area (Å²) in [6.45, 7) is 3.93. The Morgan fingerprint density at radius 1 is 1.50 bits per heavy atom. The lowest BCUT2D eigenvalue weighted by Crippen LogP contribution is -2.25. The molecule has 1 heterocycles. The van der Waals surface area contributed by atoms with Crippen molar-refractivity contribution < 1.29 is 4.74 Å². The Morgan fingerprint density at radius 2 is 2.36 bits per heavy atom. The van der Waals surface area contributed by atoms with Gasteiger partial charge in [0.1, 0.15) is 0 Å². The smallest absolute Gasteiger partial charge is 0.0951 e. The molecule has 0 saturated carbocycles. The number of nitrogens with one attached hydrogen (secondary N) is 1. The summed E-state index contributed by atoms with van der Waals surface area (Å²) in [5.74, 6) is 0. The Labute approximate surface area is 85.3 Å². The molecule has 0 fully saturated rings. The zero-order chi connectivity index (χ0) is 9.97. The van der Waals surface area contributed by atoms with Gasteiger partial charge in [-0.3, -0.25) is 0 Å². The molecule has 0 aromatic heterocycles. The molecule has 2 heteroatoms. The quantitative estimate of drug-likeness (QED) is 0.770. The highest BCUT2D eigenvalue weighted by atomic mass is 16.5. The van der Waals surface area contributed by atoms with Gasteiger partial charge >= 0.3 is 0 Å². The predicted octanol–water partition coefficient (Wildman–Crippen LogP) is 1.83. The van der Waals surface area contributed by atoms with Crippen molar-refractivity contribution in [2.45, 2.75) is 19.4 Å². The maximum Gasteiger partial charge on any atom is 0.0951 e. The van der Waals surface area contributed by atoms with Gasteiger partial charge in [-0.25, -0.2) is 0 Å². The van der Waals surface area contributed by atoms with Gasteiger partial charge in [0.05, 0.1) is 12.7 Å². The molecule has 76 valence electrons. The van der Waals surface area contributed by atoms with Crippen molar-refractivity contribution in [1.29, 1.82) is 0 Å². The summed E-state index contributed by atoms with van der Waals surface area (Å²) in [6.07, 6.45) is 1.30. The monoisotopic (exact) mass is 191 g/mol. The molecule has 1 aromatic rings. The Morgan fingerprint density at radius 3 is 3.14 bits per heavy atom. The number of hydrogen-bond acceptors (Lipinski definition) is 2. The van der Waals surface area contributed by atoms with Gasteiger partial charge in [0, 0.05) is 6.54 Å². The molecular weight excluding hydrogens is 174 g/mol. The molecule has 1 aliphatic heterocycles. The lowest BCUT2D eigenvalue weighted by atomic mass is 9.93. The maximum absolute atomic E-state index is 5.74. The molecular formula is C12H17NO. The van der Waals surface area contributed by atoms with Crippen molar-refractivity contribution in [2.75, 3.05) is 20.2 Å². The van der Waals surface area contributed by atoms with Crippen LogP contribution in [0.1, 0.15) is 22.8 Å². The first-order valence-electron chi connectivity index (χ1n) is 5.17. The molecule has 0 aliphatic carbocycles. The van der Waals surface area contributed by atoms with E-state index in [0.29, 0.717) is 0 Å². The van der Waals surface area contributed by atoms with E-state index in [9.17, 15) is 0 Å². The number of benzene rings is 1. The topological polar surface area (TPSA) is 21.3 Å². The third kappa shape index (κ3) is 1.68. The first kappa shape index (κ1) is 9.69. The predicted molar refractivity (Wildman–Crippen MR) is 57.5 cm³/mol. The van der Waals surface area contributed by atoms with E-state index in [-0.39, 0.29) is 6.10 Å². The fraction of sp³-hybridized carbons (Fsp3) is 0.500. The second-order valence-electron chi connectivity index (χ2n) is 3.81. The summed E-state index contributed by atoms with van der Waals surface area (Å²) in [6, 6.07) is 6.48. The maximum atomic E-state index is 5.74. The lowest BCUT2D eigenvalue weighted by molar-refractivity contribution is 0.0436. The molecule has 14 heavy (non-hydrogen) atoms. The van der Waals surface area contributed by atoms with Crippen LogP contribution in [0.25, 0.3) is 0 Å². The van der Waals surface area contributed by atoms with Crippen LogP contribution in [-0.2, 0) is 11.2 Å². The number of fused-ring (bicyclic) bond motifs is 1. The van der Waals surface area contributed by atoms with Crippen LogP contribution < -0.4 is 5.32 Å². The van der Waals surface area contributed by atoms with Gasteiger partial charge in [0.2, 0.25) is 0 Å². The van der Waals surface area contributed by atoms with E-state index >= 15 is 0 Å². The van der Waals surface area contributed by atoms with Crippen LogP contribution in [0, 0.1) is 6.92 Å². The fourth-order valence-electron chi connectivity index (χ4n) is 2.12. The highest BCUT2D eigenvalue weighted by molar-refractivity contribution is 5.37. The molecule has 0 bridgehead atoms. The van der Waals surface area contributed by atoms with Crippen LogP contribution in [-0.4, -0.2) is 20.2 Å². The zero-order valence-electron chi connectivity index (χ0n) is 8.84. The lowest BCUT2D eigenvalue weighted by Gasteiger charge is -2.27. The second-order valence-corrected chi connectivity index (χ2v) is 3.81. The van der Waals surface area contributed by atoms with Crippen molar-refractivity contribution in [3.8, 4) is 0 Å². The van der Waals surface area contributed by atoms with Gasteiger partial charge < -0.3 is 10.1 Å². The first-order valence-corrected chi connectivity index (χ1v) is 5.17. The SMILES string of the molecule is CNC[C@@H]1OCCc2c(C)cccc21. The Bertz CT molecular complexity index is 322.